The molecule has 82 valence electrons. The van der Waals surface area contributed by atoms with E-state index < -0.39 is 0 Å². The molecule has 0 amide bonds. The predicted molar refractivity (Wildman–Crippen MR) is 59.5 cm³/mol. The highest BCUT2D eigenvalue weighted by Crippen LogP contribution is 2.24. The Hall–Kier alpha value is -1.06. The van der Waals surface area contributed by atoms with E-state index in [2.05, 4.69) is 0 Å². The van der Waals surface area contributed by atoms with Crippen molar-refractivity contribution >= 4 is 11.6 Å². The third-order valence-corrected chi connectivity index (χ3v) is 2.06. The van der Waals surface area contributed by atoms with Crippen LogP contribution in [0.2, 0.25) is 0 Å². The molecule has 2 N–H and O–H groups in total. The molecule has 4 heteroatoms. The molecule has 0 unspecified atom stereocenters. The second kappa shape index (κ2) is 5.73. The molecule has 0 heterocycles. The quantitative estimate of drug-likeness (QED) is 0.862. The molecule has 0 aliphatic rings. The molecular formula is C11H13ClFNO. The Morgan fingerprint density at radius 1 is 1.60 bits per heavy atom. The van der Waals surface area contributed by atoms with Crippen molar-refractivity contribution in [2.75, 3.05) is 6.61 Å². The van der Waals surface area contributed by atoms with E-state index in [0.29, 0.717) is 17.9 Å². The summed E-state index contributed by atoms with van der Waals surface area (Å²) in [5.41, 5.74) is 7.72. The third-order valence-electron chi connectivity index (χ3n) is 1.89. The fourth-order valence-electron chi connectivity index (χ4n) is 1.18. The average molecular weight is 230 g/mol. The number of hydrogen-bond donors (Lipinski definition) is 1. The van der Waals surface area contributed by atoms with E-state index in [1.807, 2.05) is 0 Å². The summed E-state index contributed by atoms with van der Waals surface area (Å²) in [6.45, 7) is 2.12. The summed E-state index contributed by atoms with van der Waals surface area (Å²) in [4.78, 5) is 0. The Balaban J connectivity index is 2.85. The first kappa shape index (κ1) is 12.0. The van der Waals surface area contributed by atoms with Gasteiger partial charge in [0.25, 0.3) is 0 Å². The van der Waals surface area contributed by atoms with Gasteiger partial charge in [-0.05, 0) is 31.2 Å². The third kappa shape index (κ3) is 3.53. The van der Waals surface area contributed by atoms with Gasteiger partial charge < -0.3 is 10.5 Å². The minimum atomic E-state index is -0.317. The van der Waals surface area contributed by atoms with E-state index in [1.165, 1.54) is 17.7 Å². The summed E-state index contributed by atoms with van der Waals surface area (Å²) in [6.07, 6.45) is 1.65. The van der Waals surface area contributed by atoms with Crippen LogP contribution < -0.4 is 10.5 Å². The minimum absolute atomic E-state index is 0.268. The summed E-state index contributed by atoms with van der Waals surface area (Å²) < 4.78 is 18.3. The maximum absolute atomic E-state index is 12.9. The summed E-state index contributed by atoms with van der Waals surface area (Å²) in [6, 6.07) is 4.02. The van der Waals surface area contributed by atoms with Gasteiger partial charge in [-0.25, -0.2) is 4.39 Å². The number of ether oxygens (including phenoxy) is 1. The molecular weight excluding hydrogens is 217 g/mol. The molecule has 1 aromatic rings. The largest absolute Gasteiger partial charge is 0.489 e. The number of rotatable bonds is 4. The lowest BCUT2D eigenvalue weighted by Crippen LogP contribution is -2.08. The lowest BCUT2D eigenvalue weighted by Gasteiger charge is -2.12. The molecule has 0 aliphatic carbocycles. The predicted octanol–water partition coefficient (Wildman–Crippen LogP) is 2.98. The second-order valence-corrected chi connectivity index (χ2v) is 3.40. The summed E-state index contributed by atoms with van der Waals surface area (Å²) >= 11 is 5.35. The van der Waals surface area contributed by atoms with Crippen LogP contribution in [0.3, 0.4) is 0 Å². The molecule has 0 aromatic heterocycles. The van der Waals surface area contributed by atoms with Crippen molar-refractivity contribution in [1.29, 1.82) is 0 Å². The zero-order chi connectivity index (χ0) is 11.3. The number of halogens is 2. The molecule has 1 aromatic carbocycles. The van der Waals surface area contributed by atoms with E-state index in [9.17, 15) is 4.39 Å². The van der Waals surface area contributed by atoms with Crippen molar-refractivity contribution in [3.63, 3.8) is 0 Å². The first-order valence-electron chi connectivity index (χ1n) is 4.58. The van der Waals surface area contributed by atoms with Gasteiger partial charge in [0, 0.05) is 17.1 Å². The Morgan fingerprint density at radius 2 is 2.33 bits per heavy atom. The van der Waals surface area contributed by atoms with Crippen LogP contribution in [0.1, 0.15) is 18.5 Å². The molecule has 15 heavy (non-hydrogen) atoms. The number of hydrogen-bond acceptors (Lipinski definition) is 2. The molecule has 0 aliphatic heterocycles. The lowest BCUT2D eigenvalue weighted by atomic mass is 10.1. The van der Waals surface area contributed by atoms with Crippen molar-refractivity contribution in [2.24, 2.45) is 5.73 Å². The van der Waals surface area contributed by atoms with Gasteiger partial charge >= 0.3 is 0 Å². The minimum Gasteiger partial charge on any atom is -0.489 e. The van der Waals surface area contributed by atoms with Crippen LogP contribution in [0.5, 0.6) is 5.75 Å². The highest BCUT2D eigenvalue weighted by molar-refractivity contribution is 6.25. The van der Waals surface area contributed by atoms with Crippen LogP contribution in [-0.4, -0.2) is 6.61 Å². The van der Waals surface area contributed by atoms with Gasteiger partial charge in [-0.1, -0.05) is 11.6 Å². The molecule has 1 rings (SSSR count). The fourth-order valence-corrected chi connectivity index (χ4v) is 1.25. The Kier molecular flexibility index (Phi) is 4.59. The molecule has 0 saturated heterocycles. The lowest BCUT2D eigenvalue weighted by molar-refractivity contribution is 0.356. The maximum atomic E-state index is 12.9. The maximum Gasteiger partial charge on any atom is 0.124 e. The zero-order valence-electron chi connectivity index (χ0n) is 8.41. The van der Waals surface area contributed by atoms with Crippen LogP contribution in [0.4, 0.5) is 4.39 Å². The van der Waals surface area contributed by atoms with E-state index in [0.717, 1.165) is 0 Å². The van der Waals surface area contributed by atoms with Gasteiger partial charge in [-0.2, -0.15) is 0 Å². The van der Waals surface area contributed by atoms with Crippen LogP contribution >= 0.6 is 11.6 Å². The molecule has 0 bridgehead atoms. The van der Waals surface area contributed by atoms with Gasteiger partial charge in [-0.3, -0.25) is 0 Å². The normalized spacial score (nSPS) is 13.1. The van der Waals surface area contributed by atoms with Gasteiger partial charge in [0.15, 0.2) is 0 Å². The van der Waals surface area contributed by atoms with Crippen LogP contribution in [-0.2, 0) is 0 Å². The van der Waals surface area contributed by atoms with Gasteiger partial charge in [0.2, 0.25) is 0 Å². The van der Waals surface area contributed by atoms with Crippen molar-refractivity contribution in [2.45, 2.75) is 13.0 Å². The first-order chi connectivity index (χ1) is 7.15. The highest BCUT2D eigenvalue weighted by Gasteiger charge is 2.08. The van der Waals surface area contributed by atoms with Gasteiger partial charge in [0.05, 0.1) is 0 Å². The Morgan fingerprint density at radius 3 is 2.93 bits per heavy atom. The molecule has 0 saturated carbocycles. The topological polar surface area (TPSA) is 35.2 Å². The monoisotopic (exact) mass is 229 g/mol. The van der Waals surface area contributed by atoms with Crippen LogP contribution in [0.15, 0.2) is 29.8 Å². The molecule has 2 nitrogen and oxygen atoms in total. The molecule has 0 spiro atoms. The zero-order valence-corrected chi connectivity index (χ0v) is 9.17. The first-order valence-corrected chi connectivity index (χ1v) is 5.02. The highest BCUT2D eigenvalue weighted by atomic mass is 35.5. The molecule has 1 atom stereocenters. The fraction of sp³-hybridized carbons (Fsp3) is 0.273. The Labute approximate surface area is 93.5 Å². The smallest absolute Gasteiger partial charge is 0.124 e. The average Bonchev–Trinajstić information content (AvgIpc) is 2.20. The summed E-state index contributed by atoms with van der Waals surface area (Å²) in [7, 11) is 0. The standard InChI is InChI=1S/C11H13ClFNO/c1-8(14)10-7-9(13)3-4-11(10)15-6-2-5-12/h2-5,7-8H,6,14H2,1H3/t8-/m0/s1. The van der Waals surface area contributed by atoms with Crippen LogP contribution in [0, 0.1) is 5.82 Å². The van der Waals surface area contributed by atoms with Gasteiger partial charge in [-0.15, -0.1) is 0 Å². The van der Waals surface area contributed by atoms with Gasteiger partial charge in [0.1, 0.15) is 18.2 Å². The summed E-state index contributed by atoms with van der Waals surface area (Å²) in [5, 5.41) is 0. The van der Waals surface area contributed by atoms with E-state index in [4.69, 9.17) is 22.1 Å². The van der Waals surface area contributed by atoms with E-state index >= 15 is 0 Å². The van der Waals surface area contributed by atoms with Crippen molar-refractivity contribution in [1.82, 2.24) is 0 Å². The van der Waals surface area contributed by atoms with E-state index in [1.54, 1.807) is 19.1 Å². The Bertz CT molecular complexity index is 352. The summed E-state index contributed by atoms with van der Waals surface area (Å²) in [5.74, 6) is 0.267. The number of nitrogens with two attached hydrogens (primary N) is 1. The van der Waals surface area contributed by atoms with Crippen molar-refractivity contribution < 1.29 is 9.13 Å². The van der Waals surface area contributed by atoms with Crippen LogP contribution in [0.25, 0.3) is 0 Å². The SMILES string of the molecule is C[C@H](N)c1cc(F)ccc1OCC=CCl. The molecule has 0 fully saturated rings. The van der Waals surface area contributed by atoms with Crippen molar-refractivity contribution in [3.8, 4) is 5.75 Å². The second-order valence-electron chi connectivity index (χ2n) is 3.14. The molecule has 0 radical (unpaired) electrons. The van der Waals surface area contributed by atoms with Crippen molar-refractivity contribution in [3.05, 3.63) is 41.2 Å². The van der Waals surface area contributed by atoms with E-state index in [-0.39, 0.29) is 11.9 Å². The number of benzene rings is 1.